The van der Waals surface area contributed by atoms with Crippen LogP contribution in [0.1, 0.15) is 0 Å². The smallest absolute Gasteiger partial charge is 0.261 e. The molecule has 0 N–H and O–H groups in total. The molecule has 0 saturated carbocycles. The highest BCUT2D eigenvalue weighted by Crippen LogP contribution is 2.26. The average Bonchev–Trinajstić information content (AvgIpc) is 1.86. The number of ketones is 1. The molecule has 2 nitrogen and oxygen atoms in total. The molecular formula is C6H5Cl3O2. The van der Waals surface area contributed by atoms with E-state index in [0.717, 1.165) is 0 Å². The Labute approximate surface area is 79.7 Å². The van der Waals surface area contributed by atoms with E-state index in [0.29, 0.717) is 0 Å². The van der Waals surface area contributed by atoms with Gasteiger partial charge in [-0.1, -0.05) is 40.7 Å². The number of hydrogen-bond donors (Lipinski definition) is 0. The molecular weight excluding hydrogens is 210 g/mol. The fraction of sp³-hybridized carbons (Fsp3) is 0.500. The average molecular weight is 215 g/mol. The van der Waals surface area contributed by atoms with Crippen LogP contribution in [-0.2, 0) is 9.53 Å². The predicted molar refractivity (Wildman–Crippen MR) is 44.9 cm³/mol. The Kier molecular flexibility index (Phi) is 4.87. The van der Waals surface area contributed by atoms with Gasteiger partial charge < -0.3 is 4.74 Å². The van der Waals surface area contributed by atoms with Crippen molar-refractivity contribution in [3.8, 4) is 11.8 Å². The van der Waals surface area contributed by atoms with Gasteiger partial charge in [-0.05, 0) is 5.92 Å². The lowest BCUT2D eigenvalue weighted by Gasteiger charge is -2.01. The molecule has 0 amide bonds. The number of rotatable bonds is 1. The fourth-order valence-electron chi connectivity index (χ4n) is 0.259. The van der Waals surface area contributed by atoms with Gasteiger partial charge in [0.2, 0.25) is 0 Å². The zero-order valence-electron chi connectivity index (χ0n) is 5.66. The summed E-state index contributed by atoms with van der Waals surface area (Å²) in [5.41, 5.74) is 0. The van der Waals surface area contributed by atoms with E-state index >= 15 is 0 Å². The number of hydrogen-bond acceptors (Lipinski definition) is 2. The Morgan fingerprint density at radius 3 is 2.45 bits per heavy atom. The van der Waals surface area contributed by atoms with Gasteiger partial charge in [0, 0.05) is 7.11 Å². The first-order chi connectivity index (χ1) is 4.98. The summed E-state index contributed by atoms with van der Waals surface area (Å²) in [6.07, 6.45) is 0. The number of carbonyl (C=O) groups is 1. The van der Waals surface area contributed by atoms with Crippen molar-refractivity contribution in [2.75, 3.05) is 13.7 Å². The standard InChI is InChI=1S/C6H5Cl3O2/c1-11-4-2-3-5(10)6(7,8)9/h4H2,1H3. The first-order valence-corrected chi connectivity index (χ1v) is 3.71. The summed E-state index contributed by atoms with van der Waals surface area (Å²) >= 11 is 15.6. The second-order valence-corrected chi connectivity index (χ2v) is 3.84. The molecule has 0 spiro atoms. The maximum absolute atomic E-state index is 10.7. The van der Waals surface area contributed by atoms with Crippen molar-refractivity contribution in [3.05, 3.63) is 0 Å². The molecule has 62 valence electrons. The van der Waals surface area contributed by atoms with Crippen LogP contribution in [0, 0.1) is 11.8 Å². The molecule has 0 aromatic carbocycles. The number of carbonyl (C=O) groups excluding carboxylic acids is 1. The van der Waals surface area contributed by atoms with Gasteiger partial charge >= 0.3 is 0 Å². The second kappa shape index (κ2) is 4.84. The van der Waals surface area contributed by atoms with Crippen LogP contribution in [0.15, 0.2) is 0 Å². The zero-order valence-corrected chi connectivity index (χ0v) is 7.93. The highest BCUT2D eigenvalue weighted by Gasteiger charge is 2.28. The molecule has 0 radical (unpaired) electrons. The Balaban J connectivity index is 4.01. The van der Waals surface area contributed by atoms with Gasteiger partial charge in [-0.2, -0.15) is 0 Å². The van der Waals surface area contributed by atoms with Crippen LogP contribution in [0.3, 0.4) is 0 Å². The predicted octanol–water partition coefficient (Wildman–Crippen LogP) is 1.58. The molecule has 11 heavy (non-hydrogen) atoms. The number of ether oxygens (including phenoxy) is 1. The third kappa shape index (κ3) is 5.34. The Hall–Kier alpha value is 0.0600. The van der Waals surface area contributed by atoms with Gasteiger partial charge in [0.05, 0.1) is 0 Å². The van der Waals surface area contributed by atoms with Gasteiger partial charge in [-0.15, -0.1) is 0 Å². The molecule has 0 atom stereocenters. The van der Waals surface area contributed by atoms with Crippen molar-refractivity contribution in [1.29, 1.82) is 0 Å². The maximum Gasteiger partial charge on any atom is 0.261 e. The molecule has 5 heteroatoms. The Bertz CT molecular complexity index is 196. The minimum Gasteiger partial charge on any atom is -0.372 e. The van der Waals surface area contributed by atoms with Crippen LogP contribution < -0.4 is 0 Å². The Morgan fingerprint density at radius 2 is 2.09 bits per heavy atom. The SMILES string of the molecule is COCC#CC(=O)C(Cl)(Cl)Cl. The number of halogens is 3. The third-order valence-corrected chi connectivity index (χ3v) is 1.19. The summed E-state index contributed by atoms with van der Waals surface area (Å²) in [6.45, 7) is 0.145. The summed E-state index contributed by atoms with van der Waals surface area (Å²) in [4.78, 5) is 10.7. The molecule has 0 rings (SSSR count). The van der Waals surface area contributed by atoms with E-state index in [9.17, 15) is 4.79 Å². The lowest BCUT2D eigenvalue weighted by molar-refractivity contribution is -0.113. The van der Waals surface area contributed by atoms with E-state index in [1.54, 1.807) is 0 Å². The molecule has 0 aromatic heterocycles. The van der Waals surface area contributed by atoms with Gasteiger partial charge in [-0.25, -0.2) is 0 Å². The number of alkyl halides is 3. The van der Waals surface area contributed by atoms with Crippen molar-refractivity contribution in [1.82, 2.24) is 0 Å². The van der Waals surface area contributed by atoms with Gasteiger partial charge in [0.15, 0.2) is 0 Å². The lowest BCUT2D eigenvalue weighted by atomic mass is 10.4. The van der Waals surface area contributed by atoms with Crippen molar-refractivity contribution in [2.45, 2.75) is 3.79 Å². The van der Waals surface area contributed by atoms with Gasteiger partial charge in [0.1, 0.15) is 6.61 Å². The molecule has 0 aliphatic carbocycles. The van der Waals surface area contributed by atoms with E-state index in [4.69, 9.17) is 34.8 Å². The molecule has 0 aliphatic heterocycles. The maximum atomic E-state index is 10.7. The first kappa shape index (κ1) is 11.1. The molecule has 0 aromatic rings. The van der Waals surface area contributed by atoms with E-state index in [1.165, 1.54) is 7.11 Å². The van der Waals surface area contributed by atoms with Gasteiger partial charge in [0.25, 0.3) is 9.58 Å². The molecule has 0 heterocycles. The molecule has 0 fully saturated rings. The fourth-order valence-corrected chi connectivity index (χ4v) is 0.401. The number of methoxy groups -OCH3 is 1. The summed E-state index contributed by atoms with van der Waals surface area (Å²) in [6, 6.07) is 0. The van der Waals surface area contributed by atoms with Crippen molar-refractivity contribution < 1.29 is 9.53 Å². The quantitative estimate of drug-likeness (QED) is 0.377. The lowest BCUT2D eigenvalue weighted by Crippen LogP contribution is -2.16. The topological polar surface area (TPSA) is 26.3 Å². The molecule has 0 bridgehead atoms. The summed E-state index contributed by atoms with van der Waals surface area (Å²) in [5, 5.41) is 0. The Morgan fingerprint density at radius 1 is 1.55 bits per heavy atom. The van der Waals surface area contributed by atoms with Crippen LogP contribution >= 0.6 is 34.8 Å². The van der Waals surface area contributed by atoms with Crippen molar-refractivity contribution in [2.24, 2.45) is 0 Å². The third-order valence-electron chi connectivity index (χ3n) is 0.676. The highest BCUT2D eigenvalue weighted by atomic mass is 35.6. The summed E-state index contributed by atoms with van der Waals surface area (Å²) < 4.78 is 2.61. The van der Waals surface area contributed by atoms with Crippen LogP contribution in [0.2, 0.25) is 0 Å². The monoisotopic (exact) mass is 214 g/mol. The van der Waals surface area contributed by atoms with Gasteiger partial charge in [-0.3, -0.25) is 4.79 Å². The largest absolute Gasteiger partial charge is 0.372 e. The van der Waals surface area contributed by atoms with Crippen molar-refractivity contribution in [3.63, 3.8) is 0 Å². The van der Waals surface area contributed by atoms with Crippen LogP contribution in [0.5, 0.6) is 0 Å². The molecule has 0 saturated heterocycles. The highest BCUT2D eigenvalue weighted by molar-refractivity contribution is 6.77. The number of Topliss-reactive ketones (excluding diaryl/α,β-unsaturated/α-hetero) is 1. The normalized spacial score (nSPS) is 10.2. The summed E-state index contributed by atoms with van der Waals surface area (Å²) in [7, 11) is 1.45. The second-order valence-electron chi connectivity index (χ2n) is 1.56. The molecule has 0 aliphatic rings. The van der Waals surface area contributed by atoms with Crippen molar-refractivity contribution >= 4 is 40.6 Å². The minimum absolute atomic E-state index is 0.145. The van der Waals surface area contributed by atoms with Crippen LogP contribution in [0.4, 0.5) is 0 Å². The van der Waals surface area contributed by atoms with Crippen LogP contribution in [0.25, 0.3) is 0 Å². The van der Waals surface area contributed by atoms with E-state index < -0.39 is 9.58 Å². The summed E-state index contributed by atoms with van der Waals surface area (Å²) in [5.74, 6) is 3.73. The first-order valence-electron chi connectivity index (χ1n) is 2.57. The van der Waals surface area contributed by atoms with Crippen LogP contribution in [-0.4, -0.2) is 23.3 Å². The van der Waals surface area contributed by atoms with E-state index in [1.807, 2.05) is 0 Å². The minimum atomic E-state index is -1.94. The zero-order chi connectivity index (χ0) is 8.91. The van der Waals surface area contributed by atoms with E-state index in [2.05, 4.69) is 16.6 Å². The molecule has 0 unspecified atom stereocenters. The van der Waals surface area contributed by atoms with E-state index in [-0.39, 0.29) is 6.61 Å².